The number of nitrogens with two attached hydrogens (primary N) is 1. The molecule has 1 aromatic heterocycles. The molecule has 0 bridgehead atoms. The minimum atomic E-state index is -1.08. The van der Waals surface area contributed by atoms with E-state index in [-0.39, 0.29) is 41.7 Å². The van der Waals surface area contributed by atoms with Crippen molar-refractivity contribution in [2.75, 3.05) is 0 Å². The number of nitrogens with one attached hydrogen (secondary N) is 4. The zero-order valence-electron chi connectivity index (χ0n) is 31.4. The lowest BCUT2D eigenvalue weighted by atomic mass is 9.81. The van der Waals surface area contributed by atoms with E-state index < -0.39 is 70.8 Å². The summed E-state index contributed by atoms with van der Waals surface area (Å²) < 4.78 is 0. The van der Waals surface area contributed by atoms with Gasteiger partial charge in [-0.2, -0.15) is 0 Å². The highest BCUT2D eigenvalue weighted by Gasteiger charge is 2.51. The first-order chi connectivity index (χ1) is 25.2. The monoisotopic (exact) mass is 736 g/mol. The summed E-state index contributed by atoms with van der Waals surface area (Å²) in [5.41, 5.74) is 4.03. The predicted octanol–water partition coefficient (Wildman–Crippen LogP) is 2.08. The van der Waals surface area contributed by atoms with E-state index in [1.807, 2.05) is 27.7 Å². The molecule has 3 unspecified atom stereocenters. The fraction of sp³-hybridized carbons (Fsp3) is 0.711. The summed E-state index contributed by atoms with van der Waals surface area (Å²) in [6.07, 6.45) is 12.9. The molecule has 15 heteroatoms. The van der Waals surface area contributed by atoms with Crippen LogP contribution in [-0.4, -0.2) is 92.3 Å². The average molecular weight is 737 g/mol. The summed E-state index contributed by atoms with van der Waals surface area (Å²) in [6.45, 7) is 7.37. The summed E-state index contributed by atoms with van der Waals surface area (Å²) >= 11 is 0. The zero-order chi connectivity index (χ0) is 38.4. The van der Waals surface area contributed by atoms with Crippen molar-refractivity contribution in [2.45, 2.75) is 154 Å². The number of carbonyl (C=O) groups is 7. The number of primary amides is 1. The van der Waals surface area contributed by atoms with E-state index in [9.17, 15) is 33.6 Å². The van der Waals surface area contributed by atoms with Gasteiger partial charge in [-0.25, -0.2) is 9.97 Å². The van der Waals surface area contributed by atoms with Crippen LogP contribution >= 0.6 is 0 Å². The Kier molecular flexibility index (Phi) is 12.9. The van der Waals surface area contributed by atoms with Gasteiger partial charge in [-0.3, -0.25) is 33.6 Å². The van der Waals surface area contributed by atoms with Crippen molar-refractivity contribution >= 4 is 41.2 Å². The molecule has 1 aliphatic heterocycles. The molecule has 290 valence electrons. The van der Waals surface area contributed by atoms with Gasteiger partial charge in [-0.1, -0.05) is 66.2 Å². The molecule has 5 rings (SSSR count). The highest BCUT2D eigenvalue weighted by Crippen LogP contribution is 2.41. The number of hydrogen-bond acceptors (Lipinski definition) is 9. The molecule has 0 radical (unpaired) electrons. The highest BCUT2D eigenvalue weighted by atomic mass is 16.2. The Balaban J connectivity index is 1.40. The lowest BCUT2D eigenvalue weighted by Gasteiger charge is -2.40. The Labute approximate surface area is 311 Å². The Morgan fingerprint density at radius 1 is 0.849 bits per heavy atom. The van der Waals surface area contributed by atoms with Crippen molar-refractivity contribution in [3.63, 3.8) is 0 Å². The maximum Gasteiger partial charge on any atom is 0.289 e. The standard InChI is InChI=1S/C38H56N8O7/c1-5-11-24(30(47)36(52)42-23-16-17-23)43-33(49)26-20-22-14-9-10-15-25(22)46(26)37(53)31(38(2,3)4)45-34(50)27(21-12-7-6-8-13-21)44-35(51)29-28(32(39)48)40-18-19-41-29/h18-19,21-27,31H,5-17,20H2,1-4H3,(H2,39,48)(H,42,52)(H,43,49)(H,44,51)(H,45,50)/t22?,24-,25?,26-,27?,31+/m0/s1. The van der Waals surface area contributed by atoms with E-state index in [2.05, 4.69) is 31.2 Å². The molecule has 4 aliphatic rings. The van der Waals surface area contributed by atoms with Crippen molar-refractivity contribution in [3.05, 3.63) is 23.8 Å². The molecule has 3 aliphatic carbocycles. The van der Waals surface area contributed by atoms with Gasteiger partial charge in [0.25, 0.3) is 17.7 Å². The van der Waals surface area contributed by atoms with Gasteiger partial charge in [-0.05, 0) is 68.6 Å². The van der Waals surface area contributed by atoms with Crippen LogP contribution in [0.5, 0.6) is 0 Å². The molecule has 2 heterocycles. The number of rotatable bonds is 14. The van der Waals surface area contributed by atoms with Gasteiger partial charge in [0, 0.05) is 24.5 Å². The number of amides is 6. The largest absolute Gasteiger partial charge is 0.364 e. The molecule has 1 aromatic rings. The molecular formula is C38H56N8O7. The molecule has 53 heavy (non-hydrogen) atoms. The Morgan fingerprint density at radius 3 is 2.11 bits per heavy atom. The van der Waals surface area contributed by atoms with Crippen molar-refractivity contribution in [3.8, 4) is 0 Å². The fourth-order valence-electron chi connectivity index (χ4n) is 8.27. The van der Waals surface area contributed by atoms with Gasteiger partial charge in [0.2, 0.25) is 23.5 Å². The first-order valence-corrected chi connectivity index (χ1v) is 19.4. The van der Waals surface area contributed by atoms with Crippen LogP contribution in [0.15, 0.2) is 12.4 Å². The molecule has 6 atom stereocenters. The van der Waals surface area contributed by atoms with Gasteiger partial charge in [0.1, 0.15) is 18.1 Å². The van der Waals surface area contributed by atoms with Crippen molar-refractivity contribution < 1.29 is 33.6 Å². The van der Waals surface area contributed by atoms with E-state index in [1.165, 1.54) is 12.4 Å². The quantitative estimate of drug-likeness (QED) is 0.176. The Morgan fingerprint density at radius 2 is 1.49 bits per heavy atom. The number of nitrogens with zero attached hydrogens (tertiary/aromatic N) is 3. The molecule has 6 amide bonds. The number of fused-ring (bicyclic) bond motifs is 1. The SMILES string of the molecule is CCC[C@H](NC(=O)[C@@H]1CC2CCCCC2N1C(=O)[C@@H](NC(=O)C(NC(=O)c1nccnc1C(N)=O)C1CCCCC1)C(C)(C)C)C(=O)C(=O)NC1CC1. The predicted molar refractivity (Wildman–Crippen MR) is 194 cm³/mol. The third kappa shape index (κ3) is 9.58. The lowest BCUT2D eigenvalue weighted by molar-refractivity contribution is -0.147. The molecular weight excluding hydrogens is 680 g/mol. The van der Waals surface area contributed by atoms with Crippen LogP contribution in [-0.2, 0) is 24.0 Å². The van der Waals surface area contributed by atoms with E-state index >= 15 is 0 Å². The molecule has 15 nitrogen and oxygen atoms in total. The van der Waals surface area contributed by atoms with Crippen LogP contribution in [0.3, 0.4) is 0 Å². The molecule has 6 N–H and O–H groups in total. The lowest BCUT2D eigenvalue weighted by Crippen LogP contribution is -2.63. The van der Waals surface area contributed by atoms with E-state index in [4.69, 9.17) is 5.73 Å². The van der Waals surface area contributed by atoms with Crippen LogP contribution in [0.1, 0.15) is 139 Å². The maximum atomic E-state index is 14.9. The van der Waals surface area contributed by atoms with Crippen molar-refractivity contribution in [1.82, 2.24) is 36.1 Å². The van der Waals surface area contributed by atoms with Crippen LogP contribution in [0.25, 0.3) is 0 Å². The summed E-state index contributed by atoms with van der Waals surface area (Å²) in [6, 6.07) is -4.28. The number of carbonyl (C=O) groups excluding carboxylic acids is 7. The summed E-state index contributed by atoms with van der Waals surface area (Å²) in [5.74, 6) is -4.74. The van der Waals surface area contributed by atoms with Gasteiger partial charge in [0.15, 0.2) is 11.4 Å². The smallest absolute Gasteiger partial charge is 0.289 e. The second-order valence-electron chi connectivity index (χ2n) is 16.3. The first kappa shape index (κ1) is 39.8. The van der Waals surface area contributed by atoms with Crippen molar-refractivity contribution in [2.24, 2.45) is 23.0 Å². The molecule has 0 aromatic carbocycles. The fourth-order valence-corrected chi connectivity index (χ4v) is 8.27. The number of likely N-dealkylation sites (tertiary alicyclic amines) is 1. The number of Topliss-reactive ketones (excluding diaryl/α,β-unsaturated/α-hetero) is 1. The molecule has 0 spiro atoms. The van der Waals surface area contributed by atoms with E-state index in [1.54, 1.807) is 4.90 Å². The third-order valence-corrected chi connectivity index (χ3v) is 11.2. The van der Waals surface area contributed by atoms with E-state index in [0.717, 1.165) is 51.4 Å². The number of ketones is 1. The Hall–Kier alpha value is -4.43. The average Bonchev–Trinajstić information content (AvgIpc) is 3.87. The third-order valence-electron chi connectivity index (χ3n) is 11.2. The molecule has 1 saturated heterocycles. The normalized spacial score (nSPS) is 23.5. The number of aromatic nitrogens is 2. The summed E-state index contributed by atoms with van der Waals surface area (Å²) in [5, 5.41) is 11.3. The van der Waals surface area contributed by atoms with Crippen LogP contribution in [0.4, 0.5) is 0 Å². The molecule has 4 fully saturated rings. The maximum absolute atomic E-state index is 14.9. The first-order valence-electron chi connectivity index (χ1n) is 19.4. The van der Waals surface area contributed by atoms with Gasteiger partial charge < -0.3 is 31.9 Å². The van der Waals surface area contributed by atoms with Crippen LogP contribution in [0, 0.1) is 17.3 Å². The zero-order valence-corrected chi connectivity index (χ0v) is 31.4. The summed E-state index contributed by atoms with van der Waals surface area (Å²) in [7, 11) is 0. The van der Waals surface area contributed by atoms with Gasteiger partial charge in [0.05, 0.1) is 6.04 Å². The minimum absolute atomic E-state index is 0.00861. The van der Waals surface area contributed by atoms with Crippen LogP contribution in [0.2, 0.25) is 0 Å². The Bertz CT molecular complexity index is 1570. The van der Waals surface area contributed by atoms with Gasteiger partial charge in [-0.15, -0.1) is 0 Å². The number of hydrogen-bond donors (Lipinski definition) is 5. The topological polar surface area (TPSA) is 223 Å². The van der Waals surface area contributed by atoms with E-state index in [0.29, 0.717) is 32.1 Å². The van der Waals surface area contributed by atoms with Crippen molar-refractivity contribution in [1.29, 1.82) is 0 Å². The second-order valence-corrected chi connectivity index (χ2v) is 16.3. The van der Waals surface area contributed by atoms with Gasteiger partial charge >= 0.3 is 0 Å². The minimum Gasteiger partial charge on any atom is -0.364 e. The molecule has 3 saturated carbocycles. The van der Waals surface area contributed by atoms with Crippen LogP contribution < -0.4 is 27.0 Å². The summed E-state index contributed by atoms with van der Waals surface area (Å²) in [4.78, 5) is 104. The highest BCUT2D eigenvalue weighted by molar-refractivity contribution is 6.38. The second kappa shape index (κ2) is 17.1.